The molecule has 1 amide bonds. The second-order valence-electron chi connectivity index (χ2n) is 5.96. The van der Waals surface area contributed by atoms with Gasteiger partial charge in [0.25, 0.3) is 5.91 Å². The molecule has 1 atom stereocenters. The summed E-state index contributed by atoms with van der Waals surface area (Å²) in [5.74, 6) is 1.62. The van der Waals surface area contributed by atoms with Crippen molar-refractivity contribution in [2.45, 2.75) is 18.9 Å². The fourth-order valence-corrected chi connectivity index (χ4v) is 2.91. The molecule has 6 heteroatoms. The van der Waals surface area contributed by atoms with Gasteiger partial charge in [0, 0.05) is 18.4 Å². The molecule has 1 N–H and O–H groups in total. The molecule has 130 valence electrons. The van der Waals surface area contributed by atoms with E-state index in [1.807, 2.05) is 12.1 Å². The molecule has 0 aliphatic carbocycles. The van der Waals surface area contributed by atoms with Gasteiger partial charge >= 0.3 is 0 Å². The smallest absolute Gasteiger partial charge is 0.259 e. The zero-order valence-electron chi connectivity index (χ0n) is 13.7. The molecule has 0 aromatic heterocycles. The Morgan fingerprint density at radius 1 is 1.16 bits per heavy atom. The topological polar surface area (TPSA) is 66.0 Å². The Labute approximate surface area is 145 Å². The van der Waals surface area contributed by atoms with Gasteiger partial charge in [0.15, 0.2) is 11.5 Å². The summed E-state index contributed by atoms with van der Waals surface area (Å²) in [5.41, 5.74) is 1.13. The van der Waals surface area contributed by atoms with Gasteiger partial charge in [0.2, 0.25) is 6.79 Å². The standard InChI is InChI=1S/C19H19NO5/c21-19(20-13-7-8-17-18(10-13)25-12-24-17)15-5-1-2-6-16(15)23-11-14-4-3-9-22-14/h1-2,5-8,10,14H,3-4,9,11-12H2,(H,20,21)/t14-/m1/s1. The number of carbonyl (C=O) groups excluding carboxylic acids is 1. The highest BCUT2D eigenvalue weighted by Gasteiger charge is 2.19. The SMILES string of the molecule is O=C(Nc1ccc2c(c1)OCO2)c1ccccc1OC[C@H]1CCCO1. The lowest BCUT2D eigenvalue weighted by Crippen LogP contribution is -2.19. The van der Waals surface area contributed by atoms with E-state index < -0.39 is 0 Å². The van der Waals surface area contributed by atoms with Gasteiger partial charge in [-0.25, -0.2) is 0 Å². The number of hydrogen-bond acceptors (Lipinski definition) is 5. The third-order valence-corrected chi connectivity index (χ3v) is 4.21. The van der Waals surface area contributed by atoms with Gasteiger partial charge in [-0.2, -0.15) is 0 Å². The number of fused-ring (bicyclic) bond motifs is 1. The van der Waals surface area contributed by atoms with Gasteiger partial charge in [-0.15, -0.1) is 0 Å². The van der Waals surface area contributed by atoms with Crippen LogP contribution in [0.4, 0.5) is 5.69 Å². The lowest BCUT2D eigenvalue weighted by atomic mass is 10.1. The van der Waals surface area contributed by atoms with Crippen LogP contribution in [0, 0.1) is 0 Å². The number of benzene rings is 2. The van der Waals surface area contributed by atoms with Crippen LogP contribution in [0.1, 0.15) is 23.2 Å². The highest BCUT2D eigenvalue weighted by Crippen LogP contribution is 2.34. The van der Waals surface area contributed by atoms with Crippen LogP contribution < -0.4 is 19.5 Å². The van der Waals surface area contributed by atoms with Gasteiger partial charge in [0.1, 0.15) is 12.4 Å². The predicted octanol–water partition coefficient (Wildman–Crippen LogP) is 3.23. The van der Waals surface area contributed by atoms with Gasteiger partial charge in [-0.05, 0) is 37.1 Å². The molecule has 4 rings (SSSR count). The summed E-state index contributed by atoms with van der Waals surface area (Å²) in [5, 5.41) is 2.87. The second-order valence-corrected chi connectivity index (χ2v) is 5.96. The van der Waals surface area contributed by atoms with Crippen molar-refractivity contribution in [2.24, 2.45) is 0 Å². The first-order valence-electron chi connectivity index (χ1n) is 8.34. The fraction of sp³-hybridized carbons (Fsp3) is 0.316. The summed E-state index contributed by atoms with van der Waals surface area (Å²) in [6.07, 6.45) is 2.15. The molecule has 0 saturated carbocycles. The molecule has 6 nitrogen and oxygen atoms in total. The van der Waals surface area contributed by atoms with Crippen molar-refractivity contribution in [3.63, 3.8) is 0 Å². The average molecular weight is 341 g/mol. The quantitative estimate of drug-likeness (QED) is 0.904. The number of carbonyl (C=O) groups is 1. The Balaban J connectivity index is 1.46. The molecule has 25 heavy (non-hydrogen) atoms. The number of anilines is 1. The second kappa shape index (κ2) is 7.03. The van der Waals surface area contributed by atoms with E-state index in [9.17, 15) is 4.79 Å². The van der Waals surface area contributed by atoms with Crippen LogP contribution in [0.3, 0.4) is 0 Å². The molecule has 0 bridgehead atoms. The average Bonchev–Trinajstić information content (AvgIpc) is 3.31. The Kier molecular flexibility index (Phi) is 4.43. The molecule has 2 heterocycles. The number of rotatable bonds is 5. The zero-order chi connectivity index (χ0) is 17.1. The predicted molar refractivity (Wildman–Crippen MR) is 91.4 cm³/mol. The largest absolute Gasteiger partial charge is 0.490 e. The lowest BCUT2D eigenvalue weighted by molar-refractivity contribution is 0.0673. The Morgan fingerprint density at radius 2 is 2.04 bits per heavy atom. The van der Waals surface area contributed by atoms with E-state index in [2.05, 4.69) is 5.32 Å². The maximum Gasteiger partial charge on any atom is 0.259 e. The van der Waals surface area contributed by atoms with Crippen molar-refractivity contribution < 1.29 is 23.7 Å². The molecular weight excluding hydrogens is 322 g/mol. The Morgan fingerprint density at radius 3 is 2.92 bits per heavy atom. The maximum absolute atomic E-state index is 12.6. The van der Waals surface area contributed by atoms with Crippen molar-refractivity contribution in [1.29, 1.82) is 0 Å². The molecular formula is C19H19NO5. The molecule has 1 saturated heterocycles. The van der Waals surface area contributed by atoms with Gasteiger partial charge < -0.3 is 24.3 Å². The van der Waals surface area contributed by atoms with E-state index in [1.54, 1.807) is 30.3 Å². The van der Waals surface area contributed by atoms with Crippen LogP contribution in [0.15, 0.2) is 42.5 Å². The summed E-state index contributed by atoms with van der Waals surface area (Å²) in [6, 6.07) is 12.5. The number of ether oxygens (including phenoxy) is 4. The molecule has 2 aromatic carbocycles. The summed E-state index contributed by atoms with van der Waals surface area (Å²) in [6.45, 7) is 1.43. The first-order chi connectivity index (χ1) is 12.3. The van der Waals surface area contributed by atoms with Gasteiger partial charge in [0.05, 0.1) is 11.7 Å². The summed E-state index contributed by atoms with van der Waals surface area (Å²) < 4.78 is 22.0. The van der Waals surface area contributed by atoms with Crippen molar-refractivity contribution in [1.82, 2.24) is 0 Å². The van der Waals surface area contributed by atoms with E-state index in [4.69, 9.17) is 18.9 Å². The number of amides is 1. The lowest BCUT2D eigenvalue weighted by Gasteiger charge is -2.14. The van der Waals surface area contributed by atoms with Crippen LogP contribution >= 0.6 is 0 Å². The van der Waals surface area contributed by atoms with Crippen molar-refractivity contribution in [3.8, 4) is 17.2 Å². The van der Waals surface area contributed by atoms with Crippen LogP contribution in [-0.2, 0) is 4.74 Å². The molecule has 2 aliphatic heterocycles. The minimum absolute atomic E-state index is 0.102. The summed E-state index contributed by atoms with van der Waals surface area (Å²) in [7, 11) is 0. The van der Waals surface area contributed by atoms with Crippen LogP contribution in [0.25, 0.3) is 0 Å². The minimum Gasteiger partial charge on any atom is -0.490 e. The first kappa shape index (κ1) is 15.8. The highest BCUT2D eigenvalue weighted by atomic mass is 16.7. The van der Waals surface area contributed by atoms with E-state index in [-0.39, 0.29) is 18.8 Å². The Hall–Kier alpha value is -2.73. The minimum atomic E-state index is -0.234. The fourth-order valence-electron chi connectivity index (χ4n) is 2.91. The molecule has 0 radical (unpaired) electrons. The summed E-state index contributed by atoms with van der Waals surface area (Å²) in [4.78, 5) is 12.6. The van der Waals surface area contributed by atoms with Crippen molar-refractivity contribution in [3.05, 3.63) is 48.0 Å². The third-order valence-electron chi connectivity index (χ3n) is 4.21. The van der Waals surface area contributed by atoms with E-state index >= 15 is 0 Å². The third kappa shape index (κ3) is 3.53. The van der Waals surface area contributed by atoms with Crippen molar-refractivity contribution >= 4 is 11.6 Å². The van der Waals surface area contributed by atoms with Gasteiger partial charge in [-0.3, -0.25) is 4.79 Å². The Bertz CT molecular complexity index is 770. The van der Waals surface area contributed by atoms with E-state index in [0.29, 0.717) is 35.1 Å². The first-order valence-corrected chi connectivity index (χ1v) is 8.34. The van der Waals surface area contributed by atoms with Crippen molar-refractivity contribution in [2.75, 3.05) is 25.3 Å². The molecule has 0 unspecified atom stereocenters. The number of para-hydroxylation sites is 1. The molecule has 2 aromatic rings. The molecule has 1 fully saturated rings. The van der Waals surface area contributed by atoms with Gasteiger partial charge in [-0.1, -0.05) is 12.1 Å². The van der Waals surface area contributed by atoms with E-state index in [0.717, 1.165) is 19.4 Å². The van der Waals surface area contributed by atoms with E-state index in [1.165, 1.54) is 0 Å². The zero-order valence-corrected chi connectivity index (χ0v) is 13.7. The number of hydrogen-bond donors (Lipinski definition) is 1. The maximum atomic E-state index is 12.6. The van der Waals surface area contributed by atoms with Crippen LogP contribution in [0.5, 0.6) is 17.2 Å². The van der Waals surface area contributed by atoms with Crippen LogP contribution in [0.2, 0.25) is 0 Å². The summed E-state index contributed by atoms with van der Waals surface area (Å²) >= 11 is 0. The number of nitrogens with one attached hydrogen (secondary N) is 1. The normalized spacial score (nSPS) is 18.2. The highest BCUT2D eigenvalue weighted by molar-refractivity contribution is 6.06. The monoisotopic (exact) mass is 341 g/mol. The molecule has 2 aliphatic rings. The van der Waals surface area contributed by atoms with Crippen LogP contribution in [-0.4, -0.2) is 32.0 Å². The molecule has 0 spiro atoms.